The molecule has 1 aliphatic rings. The third-order valence-corrected chi connectivity index (χ3v) is 4.79. The predicted octanol–water partition coefficient (Wildman–Crippen LogP) is 3.14. The molecule has 21 heavy (non-hydrogen) atoms. The Kier molecular flexibility index (Phi) is 4.36. The second-order valence-corrected chi connectivity index (χ2v) is 6.34. The van der Waals surface area contributed by atoms with Gasteiger partial charge in [-0.1, -0.05) is 6.07 Å². The molecule has 0 unspecified atom stereocenters. The normalized spacial score (nSPS) is 22.3. The number of nitrogens with one attached hydrogen (secondary N) is 1. The fraction of sp³-hybridized carbons (Fsp3) is 0.467. The van der Waals surface area contributed by atoms with E-state index in [-0.39, 0.29) is 5.92 Å². The van der Waals surface area contributed by atoms with Crippen LogP contribution in [0, 0.1) is 5.92 Å². The number of carboxylic acids is 1. The second-order valence-electron chi connectivity index (χ2n) is 5.39. The first-order chi connectivity index (χ1) is 10.2. The summed E-state index contributed by atoms with van der Waals surface area (Å²) in [6.07, 6.45) is 5.02. The average Bonchev–Trinajstić information content (AvgIpc) is 3.16. The topological polar surface area (TPSA) is 75.4 Å². The van der Waals surface area contributed by atoms with Crippen molar-refractivity contribution < 1.29 is 14.3 Å². The van der Waals surface area contributed by atoms with Gasteiger partial charge < -0.3 is 14.8 Å². The SMILES string of the molecule is O=C(O)C1CCC(NCc2coc(-c3cccs3)n2)CC1. The Morgan fingerprint density at radius 1 is 1.43 bits per heavy atom. The Morgan fingerprint density at radius 3 is 2.90 bits per heavy atom. The number of nitrogens with zero attached hydrogens (tertiary/aromatic N) is 1. The highest BCUT2D eigenvalue weighted by atomic mass is 32.1. The molecule has 5 nitrogen and oxygen atoms in total. The maximum Gasteiger partial charge on any atom is 0.306 e. The molecule has 0 atom stereocenters. The first-order valence-electron chi connectivity index (χ1n) is 7.17. The third kappa shape index (κ3) is 3.51. The molecule has 0 radical (unpaired) electrons. The van der Waals surface area contributed by atoms with Crippen LogP contribution in [-0.4, -0.2) is 22.1 Å². The highest BCUT2D eigenvalue weighted by Gasteiger charge is 2.25. The van der Waals surface area contributed by atoms with Gasteiger partial charge in [0.15, 0.2) is 0 Å². The van der Waals surface area contributed by atoms with Gasteiger partial charge in [-0.05, 0) is 37.1 Å². The molecule has 0 aromatic carbocycles. The molecule has 3 rings (SSSR count). The fourth-order valence-corrected chi connectivity index (χ4v) is 3.35. The standard InChI is InChI=1S/C15H18N2O3S/c18-15(19)10-3-5-11(6-4-10)16-8-12-9-20-14(17-12)13-2-1-7-21-13/h1-2,7,9-11,16H,3-6,8H2,(H,18,19). The molecule has 1 saturated carbocycles. The fourth-order valence-electron chi connectivity index (χ4n) is 2.69. The van der Waals surface area contributed by atoms with E-state index in [1.54, 1.807) is 17.6 Å². The van der Waals surface area contributed by atoms with Crippen LogP contribution < -0.4 is 5.32 Å². The van der Waals surface area contributed by atoms with Gasteiger partial charge in [0, 0.05) is 12.6 Å². The zero-order valence-corrected chi connectivity index (χ0v) is 12.4. The summed E-state index contributed by atoms with van der Waals surface area (Å²) in [5, 5.41) is 14.4. The quantitative estimate of drug-likeness (QED) is 0.887. The lowest BCUT2D eigenvalue weighted by molar-refractivity contribution is -0.142. The van der Waals surface area contributed by atoms with E-state index >= 15 is 0 Å². The largest absolute Gasteiger partial charge is 0.481 e. The molecule has 2 heterocycles. The predicted molar refractivity (Wildman–Crippen MR) is 80.0 cm³/mol. The Balaban J connectivity index is 1.49. The van der Waals surface area contributed by atoms with Crippen LogP contribution in [0.1, 0.15) is 31.4 Å². The molecule has 2 aromatic rings. The van der Waals surface area contributed by atoms with Crippen LogP contribution in [0.3, 0.4) is 0 Å². The van der Waals surface area contributed by atoms with Crippen molar-refractivity contribution in [2.45, 2.75) is 38.3 Å². The van der Waals surface area contributed by atoms with Crippen molar-refractivity contribution in [3.8, 4) is 10.8 Å². The molecule has 0 spiro atoms. The minimum absolute atomic E-state index is 0.166. The van der Waals surface area contributed by atoms with E-state index < -0.39 is 5.97 Å². The van der Waals surface area contributed by atoms with Crippen LogP contribution in [0.4, 0.5) is 0 Å². The van der Waals surface area contributed by atoms with Crippen LogP contribution in [0.25, 0.3) is 10.8 Å². The number of hydrogen-bond donors (Lipinski definition) is 2. The number of hydrogen-bond acceptors (Lipinski definition) is 5. The lowest BCUT2D eigenvalue weighted by atomic mass is 9.86. The molecule has 0 saturated heterocycles. The summed E-state index contributed by atoms with van der Waals surface area (Å²) in [6, 6.07) is 4.34. The molecule has 112 valence electrons. The molecule has 0 aliphatic heterocycles. The Labute approximate surface area is 127 Å². The number of aromatic nitrogens is 1. The van der Waals surface area contributed by atoms with Crippen molar-refractivity contribution in [3.05, 3.63) is 29.5 Å². The zero-order chi connectivity index (χ0) is 14.7. The molecule has 1 aliphatic carbocycles. The molecule has 2 N–H and O–H groups in total. The lowest BCUT2D eigenvalue weighted by Crippen LogP contribution is -2.34. The van der Waals surface area contributed by atoms with Crippen LogP contribution in [-0.2, 0) is 11.3 Å². The summed E-state index contributed by atoms with van der Waals surface area (Å²) in [5.74, 6) is -0.164. The van der Waals surface area contributed by atoms with E-state index in [1.165, 1.54) is 0 Å². The monoisotopic (exact) mass is 306 g/mol. The number of oxazole rings is 1. The van der Waals surface area contributed by atoms with Gasteiger partial charge in [-0.2, -0.15) is 0 Å². The molecule has 2 aromatic heterocycles. The van der Waals surface area contributed by atoms with Gasteiger partial charge in [0.2, 0.25) is 5.89 Å². The summed E-state index contributed by atoms with van der Waals surface area (Å²) in [6.45, 7) is 0.664. The molecular weight excluding hydrogens is 288 g/mol. The zero-order valence-electron chi connectivity index (χ0n) is 11.6. The molecular formula is C15H18N2O3S. The van der Waals surface area contributed by atoms with Crippen molar-refractivity contribution in [1.29, 1.82) is 0 Å². The van der Waals surface area contributed by atoms with Crippen LogP contribution >= 0.6 is 11.3 Å². The molecule has 6 heteroatoms. The minimum Gasteiger partial charge on any atom is -0.481 e. The number of rotatable bonds is 5. The van der Waals surface area contributed by atoms with Crippen molar-refractivity contribution in [2.75, 3.05) is 0 Å². The summed E-state index contributed by atoms with van der Waals surface area (Å²) < 4.78 is 5.48. The number of carbonyl (C=O) groups is 1. The van der Waals surface area contributed by atoms with Gasteiger partial charge in [-0.25, -0.2) is 4.98 Å². The van der Waals surface area contributed by atoms with E-state index in [9.17, 15) is 4.79 Å². The first-order valence-corrected chi connectivity index (χ1v) is 8.05. The summed E-state index contributed by atoms with van der Waals surface area (Å²) >= 11 is 1.61. The maximum atomic E-state index is 10.9. The van der Waals surface area contributed by atoms with Crippen molar-refractivity contribution in [2.24, 2.45) is 5.92 Å². The Morgan fingerprint density at radius 2 is 2.24 bits per heavy atom. The van der Waals surface area contributed by atoms with Gasteiger partial charge in [-0.15, -0.1) is 11.3 Å². The highest BCUT2D eigenvalue weighted by Crippen LogP contribution is 2.25. The van der Waals surface area contributed by atoms with Crippen molar-refractivity contribution >= 4 is 17.3 Å². The van der Waals surface area contributed by atoms with E-state index in [0.29, 0.717) is 18.5 Å². The first kappa shape index (κ1) is 14.3. The van der Waals surface area contributed by atoms with Crippen molar-refractivity contribution in [3.63, 3.8) is 0 Å². The minimum atomic E-state index is -0.662. The van der Waals surface area contributed by atoms with E-state index in [1.807, 2.05) is 17.5 Å². The van der Waals surface area contributed by atoms with E-state index in [2.05, 4.69) is 10.3 Å². The third-order valence-electron chi connectivity index (χ3n) is 3.93. The highest BCUT2D eigenvalue weighted by molar-refractivity contribution is 7.13. The Bertz CT molecular complexity index is 586. The summed E-state index contributed by atoms with van der Waals surface area (Å²) in [5.41, 5.74) is 0.888. The smallest absolute Gasteiger partial charge is 0.306 e. The van der Waals surface area contributed by atoms with Gasteiger partial charge >= 0.3 is 5.97 Å². The second kappa shape index (κ2) is 6.41. The number of aliphatic carboxylic acids is 1. The van der Waals surface area contributed by atoms with E-state index in [0.717, 1.165) is 36.3 Å². The molecule has 0 amide bonds. The van der Waals surface area contributed by atoms with E-state index in [4.69, 9.17) is 9.52 Å². The Hall–Kier alpha value is -1.66. The summed E-state index contributed by atoms with van der Waals surface area (Å²) in [4.78, 5) is 16.4. The van der Waals surface area contributed by atoms with Crippen molar-refractivity contribution in [1.82, 2.24) is 10.3 Å². The summed E-state index contributed by atoms with van der Waals surface area (Å²) in [7, 11) is 0. The van der Waals surface area contributed by atoms with Gasteiger partial charge in [-0.3, -0.25) is 4.79 Å². The van der Waals surface area contributed by atoms with Gasteiger partial charge in [0.1, 0.15) is 6.26 Å². The van der Waals surface area contributed by atoms with Crippen LogP contribution in [0.2, 0.25) is 0 Å². The number of thiophene rings is 1. The van der Waals surface area contributed by atoms with Crippen LogP contribution in [0.5, 0.6) is 0 Å². The molecule has 1 fully saturated rings. The van der Waals surface area contributed by atoms with Gasteiger partial charge in [0.25, 0.3) is 0 Å². The van der Waals surface area contributed by atoms with Crippen LogP contribution in [0.15, 0.2) is 28.2 Å². The average molecular weight is 306 g/mol. The maximum absolute atomic E-state index is 10.9. The lowest BCUT2D eigenvalue weighted by Gasteiger charge is -2.26. The number of carboxylic acid groups (broad SMARTS) is 1. The molecule has 0 bridgehead atoms. The van der Waals surface area contributed by atoms with Gasteiger partial charge in [0.05, 0.1) is 16.5 Å².